The Kier molecular flexibility index (Phi) is 3.23. The van der Waals surface area contributed by atoms with E-state index >= 15 is 0 Å². The quantitative estimate of drug-likeness (QED) is 0.866. The number of carbonyl (C=O) groups is 1. The number of nitrogens with zero attached hydrogens (tertiary/aromatic N) is 2. The Morgan fingerprint density at radius 1 is 1.33 bits per heavy atom. The van der Waals surface area contributed by atoms with Crippen LogP contribution in [0.4, 0.5) is 11.4 Å². The van der Waals surface area contributed by atoms with Crippen molar-refractivity contribution in [2.45, 2.75) is 13.8 Å². The number of nitrogens with one attached hydrogen (secondary N) is 1. The summed E-state index contributed by atoms with van der Waals surface area (Å²) in [5.41, 5.74) is 2.53. The Hall–Kier alpha value is -2.43. The van der Waals surface area contributed by atoms with E-state index in [1.54, 1.807) is 30.5 Å². The van der Waals surface area contributed by atoms with Crippen molar-refractivity contribution in [1.29, 1.82) is 0 Å². The highest BCUT2D eigenvalue weighted by Gasteiger charge is 2.05. The Morgan fingerprint density at radius 2 is 2.11 bits per heavy atom. The molecule has 0 radical (unpaired) electrons. The molecule has 2 aromatic rings. The fourth-order valence-electron chi connectivity index (χ4n) is 1.59. The van der Waals surface area contributed by atoms with E-state index in [0.717, 1.165) is 11.4 Å². The summed E-state index contributed by atoms with van der Waals surface area (Å²) < 4.78 is 0. The van der Waals surface area contributed by atoms with E-state index in [0.29, 0.717) is 11.5 Å². The number of aromatic carboxylic acids is 1. The van der Waals surface area contributed by atoms with Crippen LogP contribution in [0.5, 0.6) is 0 Å². The maximum absolute atomic E-state index is 10.9. The molecule has 2 rings (SSSR count). The van der Waals surface area contributed by atoms with Crippen LogP contribution < -0.4 is 5.32 Å². The summed E-state index contributed by atoms with van der Waals surface area (Å²) >= 11 is 0. The van der Waals surface area contributed by atoms with E-state index < -0.39 is 5.97 Å². The first-order valence-electron chi connectivity index (χ1n) is 5.47. The molecule has 0 aliphatic carbocycles. The third-order valence-corrected chi connectivity index (χ3v) is 2.49. The van der Waals surface area contributed by atoms with Crippen LogP contribution in [0, 0.1) is 13.8 Å². The Balaban J connectivity index is 2.28. The highest BCUT2D eigenvalue weighted by atomic mass is 16.4. The summed E-state index contributed by atoms with van der Waals surface area (Å²) in [6.45, 7) is 3.69. The Labute approximate surface area is 105 Å². The first-order valence-corrected chi connectivity index (χ1v) is 5.47. The van der Waals surface area contributed by atoms with Crippen LogP contribution in [0.15, 0.2) is 30.5 Å². The number of benzene rings is 1. The fraction of sp³-hybridized carbons (Fsp3) is 0.154. The van der Waals surface area contributed by atoms with Gasteiger partial charge in [-0.1, -0.05) is 6.07 Å². The molecular formula is C13H13N3O2. The molecule has 1 aromatic carbocycles. The molecule has 0 aliphatic rings. The Bertz CT molecular complexity index is 597. The minimum Gasteiger partial charge on any atom is -0.478 e. The summed E-state index contributed by atoms with van der Waals surface area (Å²) in [5, 5.41) is 12.0. The second kappa shape index (κ2) is 4.83. The van der Waals surface area contributed by atoms with Crippen molar-refractivity contribution in [2.24, 2.45) is 0 Å². The van der Waals surface area contributed by atoms with Crippen LogP contribution in [0.1, 0.15) is 21.9 Å². The molecule has 1 heterocycles. The van der Waals surface area contributed by atoms with E-state index in [4.69, 9.17) is 5.11 Å². The monoisotopic (exact) mass is 243 g/mol. The molecule has 0 spiro atoms. The standard InChI is InChI=1S/C13H13N3O2/c1-8-12(7-14-9(2)15-8)16-11-5-3-4-10(6-11)13(17)18/h3-7,16H,1-2H3,(H,17,18). The number of aryl methyl sites for hydroxylation is 2. The lowest BCUT2D eigenvalue weighted by Crippen LogP contribution is -2.01. The summed E-state index contributed by atoms with van der Waals surface area (Å²) in [7, 11) is 0. The number of hydrogen-bond acceptors (Lipinski definition) is 4. The fourth-order valence-corrected chi connectivity index (χ4v) is 1.59. The third kappa shape index (κ3) is 2.63. The zero-order valence-corrected chi connectivity index (χ0v) is 10.1. The SMILES string of the molecule is Cc1ncc(Nc2cccc(C(=O)O)c2)c(C)n1. The topological polar surface area (TPSA) is 75.1 Å². The molecular weight excluding hydrogens is 230 g/mol. The van der Waals surface area contributed by atoms with E-state index in [9.17, 15) is 4.79 Å². The van der Waals surface area contributed by atoms with E-state index in [2.05, 4.69) is 15.3 Å². The van der Waals surface area contributed by atoms with Gasteiger partial charge < -0.3 is 10.4 Å². The van der Waals surface area contributed by atoms with Crippen LogP contribution in [0.2, 0.25) is 0 Å². The van der Waals surface area contributed by atoms with Gasteiger partial charge in [-0.3, -0.25) is 0 Å². The van der Waals surface area contributed by atoms with E-state index in [1.807, 2.05) is 13.8 Å². The summed E-state index contributed by atoms with van der Waals surface area (Å²) in [6.07, 6.45) is 1.69. The van der Waals surface area contributed by atoms with E-state index in [1.165, 1.54) is 0 Å². The van der Waals surface area contributed by atoms with Gasteiger partial charge in [0.2, 0.25) is 0 Å². The molecule has 0 aliphatic heterocycles. The average molecular weight is 243 g/mol. The van der Waals surface area contributed by atoms with Crippen LogP contribution >= 0.6 is 0 Å². The normalized spacial score (nSPS) is 10.1. The largest absolute Gasteiger partial charge is 0.478 e. The summed E-state index contributed by atoms with van der Waals surface area (Å²) in [6, 6.07) is 6.61. The number of aromatic nitrogens is 2. The lowest BCUT2D eigenvalue weighted by atomic mass is 10.2. The van der Waals surface area contributed by atoms with Crippen molar-refractivity contribution < 1.29 is 9.90 Å². The molecule has 0 amide bonds. The number of anilines is 2. The predicted octanol–water partition coefficient (Wildman–Crippen LogP) is 2.54. The van der Waals surface area contributed by atoms with Gasteiger partial charge in [-0.15, -0.1) is 0 Å². The van der Waals surface area contributed by atoms with Gasteiger partial charge in [0.25, 0.3) is 0 Å². The summed E-state index contributed by atoms with van der Waals surface area (Å²) in [5.74, 6) is -0.243. The second-order valence-corrected chi connectivity index (χ2v) is 3.93. The van der Waals surface area contributed by atoms with Gasteiger partial charge in [0.15, 0.2) is 0 Å². The van der Waals surface area contributed by atoms with Crippen molar-refractivity contribution in [3.63, 3.8) is 0 Å². The van der Waals surface area contributed by atoms with Crippen molar-refractivity contribution >= 4 is 17.3 Å². The number of carboxylic acids is 1. The molecule has 0 saturated carbocycles. The van der Waals surface area contributed by atoms with Gasteiger partial charge >= 0.3 is 5.97 Å². The molecule has 0 atom stereocenters. The molecule has 0 unspecified atom stereocenters. The molecule has 2 N–H and O–H groups in total. The van der Waals surface area contributed by atoms with Gasteiger partial charge in [0.1, 0.15) is 5.82 Å². The van der Waals surface area contributed by atoms with Crippen LogP contribution in [-0.4, -0.2) is 21.0 Å². The molecule has 1 aromatic heterocycles. The number of hydrogen-bond donors (Lipinski definition) is 2. The first kappa shape index (κ1) is 12.0. The van der Waals surface area contributed by atoms with Gasteiger partial charge in [0.05, 0.1) is 23.1 Å². The van der Waals surface area contributed by atoms with Gasteiger partial charge in [-0.25, -0.2) is 14.8 Å². The smallest absolute Gasteiger partial charge is 0.335 e. The molecule has 0 fully saturated rings. The maximum atomic E-state index is 10.9. The lowest BCUT2D eigenvalue weighted by molar-refractivity contribution is 0.0697. The van der Waals surface area contributed by atoms with Crippen LogP contribution in [-0.2, 0) is 0 Å². The second-order valence-electron chi connectivity index (χ2n) is 3.93. The van der Waals surface area contributed by atoms with Crippen molar-refractivity contribution in [1.82, 2.24) is 9.97 Å². The average Bonchev–Trinajstić information content (AvgIpc) is 2.33. The van der Waals surface area contributed by atoms with Crippen molar-refractivity contribution in [3.8, 4) is 0 Å². The number of carboxylic acid groups (broad SMARTS) is 1. The highest BCUT2D eigenvalue weighted by Crippen LogP contribution is 2.19. The zero-order chi connectivity index (χ0) is 13.1. The van der Waals surface area contributed by atoms with Gasteiger partial charge in [0, 0.05) is 5.69 Å². The highest BCUT2D eigenvalue weighted by molar-refractivity contribution is 5.89. The molecule has 5 nitrogen and oxygen atoms in total. The molecule has 0 saturated heterocycles. The van der Waals surface area contributed by atoms with Crippen molar-refractivity contribution in [3.05, 3.63) is 47.5 Å². The van der Waals surface area contributed by atoms with Crippen LogP contribution in [0.25, 0.3) is 0 Å². The molecule has 0 bridgehead atoms. The third-order valence-electron chi connectivity index (χ3n) is 2.49. The van der Waals surface area contributed by atoms with Crippen molar-refractivity contribution in [2.75, 3.05) is 5.32 Å². The molecule has 92 valence electrons. The van der Waals surface area contributed by atoms with E-state index in [-0.39, 0.29) is 5.56 Å². The van der Waals surface area contributed by atoms with Gasteiger partial charge in [-0.05, 0) is 32.0 Å². The predicted molar refractivity (Wildman–Crippen MR) is 68.2 cm³/mol. The molecule has 18 heavy (non-hydrogen) atoms. The van der Waals surface area contributed by atoms with Gasteiger partial charge in [-0.2, -0.15) is 0 Å². The van der Waals surface area contributed by atoms with Crippen LogP contribution in [0.3, 0.4) is 0 Å². The first-order chi connectivity index (χ1) is 8.56. The maximum Gasteiger partial charge on any atom is 0.335 e. The summed E-state index contributed by atoms with van der Waals surface area (Å²) in [4.78, 5) is 19.2. The molecule has 5 heteroatoms. The minimum absolute atomic E-state index is 0.241. The zero-order valence-electron chi connectivity index (χ0n) is 10.1. The minimum atomic E-state index is -0.949. The Morgan fingerprint density at radius 3 is 2.78 bits per heavy atom. The number of rotatable bonds is 3. The lowest BCUT2D eigenvalue weighted by Gasteiger charge is -2.09.